The summed E-state index contributed by atoms with van der Waals surface area (Å²) in [6.07, 6.45) is 9.73. The summed E-state index contributed by atoms with van der Waals surface area (Å²) in [5.74, 6) is 1.90. The summed E-state index contributed by atoms with van der Waals surface area (Å²) in [5, 5.41) is 7.05. The van der Waals surface area contributed by atoms with Crippen LogP contribution in [0.4, 0.5) is 0 Å². The number of rotatable bonds is 5. The van der Waals surface area contributed by atoms with Gasteiger partial charge in [-0.05, 0) is 44.9 Å². The highest BCUT2D eigenvalue weighted by Gasteiger charge is 2.30. The number of aliphatic imine (C=N–C) groups is 1. The predicted octanol–water partition coefficient (Wildman–Crippen LogP) is 2.59. The molecule has 3 aliphatic rings. The minimum absolute atomic E-state index is 0. The first kappa shape index (κ1) is 17.3. The summed E-state index contributed by atoms with van der Waals surface area (Å²) in [7, 11) is 0. The van der Waals surface area contributed by atoms with Crippen LogP contribution in [0.1, 0.15) is 51.9 Å². The smallest absolute Gasteiger partial charge is 0.191 e. The van der Waals surface area contributed by atoms with Crippen molar-refractivity contribution in [3.63, 3.8) is 0 Å². The van der Waals surface area contributed by atoms with E-state index in [-0.39, 0.29) is 24.0 Å². The molecule has 0 aromatic rings. The van der Waals surface area contributed by atoms with Crippen LogP contribution in [-0.4, -0.2) is 49.1 Å². The van der Waals surface area contributed by atoms with E-state index in [2.05, 4.69) is 22.5 Å². The zero-order valence-electron chi connectivity index (χ0n) is 13.3. The van der Waals surface area contributed by atoms with Crippen LogP contribution in [0.2, 0.25) is 0 Å². The molecule has 0 aromatic carbocycles. The summed E-state index contributed by atoms with van der Waals surface area (Å²) >= 11 is 0. The lowest BCUT2D eigenvalue weighted by molar-refractivity contribution is 0.242. The molecule has 0 amide bonds. The van der Waals surface area contributed by atoms with Gasteiger partial charge in [0.1, 0.15) is 0 Å². The predicted molar refractivity (Wildman–Crippen MR) is 99.5 cm³/mol. The van der Waals surface area contributed by atoms with Gasteiger partial charge in [-0.1, -0.05) is 12.8 Å². The second-order valence-corrected chi connectivity index (χ2v) is 6.73. The second kappa shape index (κ2) is 8.56. The molecule has 3 fully saturated rings. The SMILES string of the molecule is CCNC(=NCC1CC1)NC1CCN(C2CCCC2)C1.I. The van der Waals surface area contributed by atoms with Gasteiger partial charge in [0.05, 0.1) is 0 Å². The van der Waals surface area contributed by atoms with Crippen molar-refractivity contribution in [1.29, 1.82) is 0 Å². The van der Waals surface area contributed by atoms with E-state index in [1.807, 2.05) is 0 Å². The van der Waals surface area contributed by atoms with Gasteiger partial charge < -0.3 is 10.6 Å². The monoisotopic (exact) mass is 406 g/mol. The average molecular weight is 406 g/mol. The van der Waals surface area contributed by atoms with Crippen LogP contribution >= 0.6 is 24.0 Å². The van der Waals surface area contributed by atoms with Crippen LogP contribution in [0.15, 0.2) is 4.99 Å². The molecule has 2 aliphatic carbocycles. The number of hydrogen-bond donors (Lipinski definition) is 2. The number of halogens is 1. The molecule has 2 N–H and O–H groups in total. The average Bonchev–Trinajstić information content (AvgIpc) is 2.92. The van der Waals surface area contributed by atoms with Gasteiger partial charge in [-0.2, -0.15) is 0 Å². The topological polar surface area (TPSA) is 39.7 Å². The molecule has 21 heavy (non-hydrogen) atoms. The van der Waals surface area contributed by atoms with Crippen molar-refractivity contribution in [3.05, 3.63) is 0 Å². The molecule has 1 saturated heterocycles. The van der Waals surface area contributed by atoms with Crippen molar-refractivity contribution >= 4 is 29.9 Å². The van der Waals surface area contributed by atoms with E-state index in [0.29, 0.717) is 6.04 Å². The van der Waals surface area contributed by atoms with E-state index in [9.17, 15) is 0 Å². The lowest BCUT2D eigenvalue weighted by Crippen LogP contribution is -2.45. The Balaban J connectivity index is 0.00000161. The summed E-state index contributed by atoms with van der Waals surface area (Å²) in [6.45, 7) is 6.58. The number of nitrogens with zero attached hydrogens (tertiary/aromatic N) is 2. The van der Waals surface area contributed by atoms with Gasteiger partial charge in [-0.3, -0.25) is 9.89 Å². The van der Waals surface area contributed by atoms with Gasteiger partial charge in [0, 0.05) is 38.3 Å². The van der Waals surface area contributed by atoms with Crippen LogP contribution in [0.5, 0.6) is 0 Å². The number of hydrogen-bond acceptors (Lipinski definition) is 2. The number of likely N-dealkylation sites (tertiary alicyclic amines) is 1. The maximum absolute atomic E-state index is 4.74. The third-order valence-electron chi connectivity index (χ3n) is 4.95. The van der Waals surface area contributed by atoms with Crippen LogP contribution in [0.25, 0.3) is 0 Å². The molecule has 122 valence electrons. The molecule has 1 aliphatic heterocycles. The molecule has 4 nitrogen and oxygen atoms in total. The Bertz CT molecular complexity index is 337. The molecule has 1 atom stereocenters. The fourth-order valence-electron chi connectivity index (χ4n) is 3.54. The van der Waals surface area contributed by atoms with Crippen molar-refractivity contribution in [3.8, 4) is 0 Å². The van der Waals surface area contributed by atoms with Crippen LogP contribution in [0, 0.1) is 5.92 Å². The van der Waals surface area contributed by atoms with Gasteiger partial charge >= 0.3 is 0 Å². The molecule has 0 spiro atoms. The Labute approximate surface area is 146 Å². The number of nitrogens with one attached hydrogen (secondary N) is 2. The molecule has 2 saturated carbocycles. The van der Waals surface area contributed by atoms with Crippen molar-refractivity contribution in [2.24, 2.45) is 10.9 Å². The highest BCUT2D eigenvalue weighted by molar-refractivity contribution is 14.0. The van der Waals surface area contributed by atoms with E-state index in [1.54, 1.807) is 0 Å². The van der Waals surface area contributed by atoms with E-state index >= 15 is 0 Å². The fourth-order valence-corrected chi connectivity index (χ4v) is 3.54. The van der Waals surface area contributed by atoms with E-state index in [0.717, 1.165) is 31.0 Å². The minimum Gasteiger partial charge on any atom is -0.357 e. The largest absolute Gasteiger partial charge is 0.357 e. The zero-order chi connectivity index (χ0) is 13.8. The van der Waals surface area contributed by atoms with Crippen molar-refractivity contribution in [2.75, 3.05) is 26.2 Å². The second-order valence-electron chi connectivity index (χ2n) is 6.73. The first-order chi connectivity index (χ1) is 9.85. The van der Waals surface area contributed by atoms with Gasteiger partial charge in [-0.15, -0.1) is 24.0 Å². The summed E-state index contributed by atoms with van der Waals surface area (Å²) in [5.41, 5.74) is 0. The van der Waals surface area contributed by atoms with E-state index in [4.69, 9.17) is 4.99 Å². The van der Waals surface area contributed by atoms with Crippen molar-refractivity contribution in [2.45, 2.75) is 64.0 Å². The van der Waals surface area contributed by atoms with Gasteiger partial charge in [0.25, 0.3) is 0 Å². The summed E-state index contributed by atoms with van der Waals surface area (Å²) in [4.78, 5) is 7.44. The molecule has 1 unspecified atom stereocenters. The zero-order valence-corrected chi connectivity index (χ0v) is 15.6. The normalized spacial score (nSPS) is 27.7. The Kier molecular flexibility index (Phi) is 7.05. The third-order valence-corrected chi connectivity index (χ3v) is 4.95. The van der Waals surface area contributed by atoms with Gasteiger partial charge in [0.15, 0.2) is 5.96 Å². The first-order valence-corrected chi connectivity index (χ1v) is 8.64. The molecular formula is C16H31IN4. The highest BCUT2D eigenvalue weighted by atomic mass is 127. The van der Waals surface area contributed by atoms with Crippen LogP contribution in [0.3, 0.4) is 0 Å². The fraction of sp³-hybridized carbons (Fsp3) is 0.938. The maximum Gasteiger partial charge on any atom is 0.191 e. The third kappa shape index (κ3) is 5.27. The Morgan fingerprint density at radius 3 is 2.57 bits per heavy atom. The van der Waals surface area contributed by atoms with Gasteiger partial charge in [0.2, 0.25) is 0 Å². The lowest BCUT2D eigenvalue weighted by atomic mass is 10.2. The Morgan fingerprint density at radius 2 is 1.90 bits per heavy atom. The Morgan fingerprint density at radius 1 is 1.14 bits per heavy atom. The molecule has 0 bridgehead atoms. The molecule has 5 heteroatoms. The van der Waals surface area contributed by atoms with Crippen molar-refractivity contribution < 1.29 is 0 Å². The number of guanidine groups is 1. The maximum atomic E-state index is 4.74. The lowest BCUT2D eigenvalue weighted by Gasteiger charge is -2.24. The van der Waals surface area contributed by atoms with Crippen LogP contribution < -0.4 is 10.6 Å². The molecular weight excluding hydrogens is 375 g/mol. The van der Waals surface area contributed by atoms with Crippen LogP contribution in [-0.2, 0) is 0 Å². The first-order valence-electron chi connectivity index (χ1n) is 8.64. The summed E-state index contributed by atoms with van der Waals surface area (Å²) < 4.78 is 0. The molecule has 0 radical (unpaired) electrons. The summed E-state index contributed by atoms with van der Waals surface area (Å²) in [6, 6.07) is 1.46. The van der Waals surface area contributed by atoms with E-state index < -0.39 is 0 Å². The standard InChI is InChI=1S/C16H30N4.HI/c1-2-17-16(18-11-13-7-8-13)19-14-9-10-20(12-14)15-5-3-4-6-15;/h13-15H,2-12H2,1H3,(H2,17,18,19);1H. The van der Waals surface area contributed by atoms with Crippen molar-refractivity contribution in [1.82, 2.24) is 15.5 Å². The Hall–Kier alpha value is -0.0400. The minimum atomic E-state index is 0. The molecule has 0 aromatic heterocycles. The highest BCUT2D eigenvalue weighted by Crippen LogP contribution is 2.29. The van der Waals surface area contributed by atoms with E-state index in [1.165, 1.54) is 58.0 Å². The van der Waals surface area contributed by atoms with Gasteiger partial charge in [-0.25, -0.2) is 0 Å². The quantitative estimate of drug-likeness (QED) is 0.419. The molecule has 3 rings (SSSR count). The molecule has 1 heterocycles.